The molecule has 0 atom stereocenters. The zero-order valence-electron chi connectivity index (χ0n) is 15.8. The number of H-pyrrole nitrogens is 1. The van der Waals surface area contributed by atoms with Crippen molar-refractivity contribution in [2.24, 2.45) is 0 Å². The average Bonchev–Trinajstić information content (AvgIpc) is 3.36. The lowest BCUT2D eigenvalue weighted by atomic mass is 9.97. The van der Waals surface area contributed by atoms with Gasteiger partial charge >= 0.3 is 0 Å². The van der Waals surface area contributed by atoms with Crippen LogP contribution in [0.4, 0.5) is 0 Å². The van der Waals surface area contributed by atoms with Crippen molar-refractivity contribution in [2.45, 2.75) is 43.3 Å². The molecule has 1 aliphatic rings. The molecule has 0 saturated heterocycles. The summed E-state index contributed by atoms with van der Waals surface area (Å²) in [7, 11) is 0. The van der Waals surface area contributed by atoms with Crippen molar-refractivity contribution in [3.05, 3.63) is 61.8 Å². The van der Waals surface area contributed by atoms with E-state index in [0.717, 1.165) is 29.5 Å². The van der Waals surface area contributed by atoms with Gasteiger partial charge in [0, 0.05) is 4.88 Å². The molecular weight excluding hydrogens is 444 g/mol. The number of aryl methyl sites for hydroxylation is 2. The minimum Gasteiger partial charge on any atom is -0.482 e. The van der Waals surface area contributed by atoms with Crippen molar-refractivity contribution in [1.82, 2.24) is 20.2 Å². The van der Waals surface area contributed by atoms with Crippen LogP contribution in [0.3, 0.4) is 0 Å². The Balaban J connectivity index is 1.26. The highest BCUT2D eigenvalue weighted by Gasteiger charge is 2.20. The minimum atomic E-state index is -0.0608. The van der Waals surface area contributed by atoms with Crippen LogP contribution in [0.5, 0.6) is 5.75 Å². The number of halogens is 1. The SMILES string of the molecule is O=c1[nH]c(CSc2nnc(COc3ccccc3Cl)o2)nc2sc3c(c12)CCCC3. The smallest absolute Gasteiger partial charge is 0.277 e. The summed E-state index contributed by atoms with van der Waals surface area (Å²) in [5.74, 6) is 1.93. The van der Waals surface area contributed by atoms with Crippen molar-refractivity contribution in [2.75, 3.05) is 0 Å². The van der Waals surface area contributed by atoms with Gasteiger partial charge in [0.15, 0.2) is 6.61 Å². The van der Waals surface area contributed by atoms with Gasteiger partial charge in [0.25, 0.3) is 16.7 Å². The monoisotopic (exact) mass is 460 g/mol. The Morgan fingerprint density at radius 3 is 3.00 bits per heavy atom. The molecule has 1 aliphatic carbocycles. The van der Waals surface area contributed by atoms with E-state index in [9.17, 15) is 4.79 Å². The largest absolute Gasteiger partial charge is 0.482 e. The topological polar surface area (TPSA) is 93.9 Å². The van der Waals surface area contributed by atoms with Crippen molar-refractivity contribution in [3.63, 3.8) is 0 Å². The summed E-state index contributed by atoms with van der Waals surface area (Å²) in [5, 5.41) is 9.68. The second kappa shape index (κ2) is 8.41. The lowest BCUT2D eigenvalue weighted by Gasteiger charge is -2.09. The van der Waals surface area contributed by atoms with Gasteiger partial charge in [-0.2, -0.15) is 0 Å². The number of para-hydroxylation sites is 1. The summed E-state index contributed by atoms with van der Waals surface area (Å²) in [6, 6.07) is 7.19. The first-order chi connectivity index (χ1) is 14.7. The number of rotatable bonds is 6. The number of thiophene rings is 1. The molecule has 4 aromatic rings. The normalized spacial score (nSPS) is 13.5. The summed E-state index contributed by atoms with van der Waals surface area (Å²) in [6.45, 7) is 0.124. The number of fused-ring (bicyclic) bond motifs is 3. The average molecular weight is 461 g/mol. The first-order valence-electron chi connectivity index (χ1n) is 9.53. The number of thioether (sulfide) groups is 1. The number of ether oxygens (including phenoxy) is 1. The number of hydrogen-bond acceptors (Lipinski definition) is 8. The van der Waals surface area contributed by atoms with Crippen LogP contribution in [0.15, 0.2) is 38.7 Å². The van der Waals surface area contributed by atoms with Gasteiger partial charge < -0.3 is 14.1 Å². The molecule has 3 aromatic heterocycles. The summed E-state index contributed by atoms with van der Waals surface area (Å²) >= 11 is 9.03. The molecular formula is C20H17ClN4O3S2. The standard InChI is InChI=1S/C20H17ClN4O3S2/c21-12-6-2-3-7-13(12)27-9-16-24-25-20(28-16)29-10-15-22-18(26)17-11-5-1-4-8-14(11)30-19(17)23-15/h2-3,6-7H,1,4-5,8-10H2,(H,22,23,26). The molecule has 5 rings (SSSR count). The summed E-state index contributed by atoms with van der Waals surface area (Å²) in [4.78, 5) is 22.3. The second-order valence-electron chi connectivity index (χ2n) is 6.87. The molecule has 30 heavy (non-hydrogen) atoms. The zero-order chi connectivity index (χ0) is 20.5. The number of hydrogen-bond donors (Lipinski definition) is 1. The third-order valence-electron chi connectivity index (χ3n) is 4.84. The van der Waals surface area contributed by atoms with E-state index < -0.39 is 0 Å². The Hall–Kier alpha value is -2.36. The summed E-state index contributed by atoms with van der Waals surface area (Å²) in [5.41, 5.74) is 1.13. The third kappa shape index (κ3) is 3.97. The van der Waals surface area contributed by atoms with Gasteiger partial charge in [0.1, 0.15) is 16.4 Å². The Kier molecular flexibility index (Phi) is 5.49. The van der Waals surface area contributed by atoms with E-state index in [0.29, 0.717) is 33.5 Å². The van der Waals surface area contributed by atoms with Crippen LogP contribution in [0.1, 0.15) is 35.0 Å². The Morgan fingerprint density at radius 1 is 1.23 bits per heavy atom. The number of nitrogens with one attached hydrogen (secondary N) is 1. The highest BCUT2D eigenvalue weighted by atomic mass is 35.5. The van der Waals surface area contributed by atoms with Gasteiger partial charge in [0.05, 0.1) is 16.2 Å². The first-order valence-corrected chi connectivity index (χ1v) is 11.7. The maximum atomic E-state index is 12.6. The lowest BCUT2D eigenvalue weighted by molar-refractivity contribution is 0.252. The van der Waals surface area contributed by atoms with Crippen molar-refractivity contribution in [1.29, 1.82) is 0 Å². The van der Waals surface area contributed by atoms with Crippen LogP contribution >= 0.6 is 34.7 Å². The van der Waals surface area contributed by atoms with E-state index in [4.69, 9.17) is 20.8 Å². The van der Waals surface area contributed by atoms with Crippen LogP contribution in [0.2, 0.25) is 5.02 Å². The summed E-state index contributed by atoms with van der Waals surface area (Å²) in [6.07, 6.45) is 4.33. The van der Waals surface area contributed by atoms with Gasteiger partial charge in [-0.1, -0.05) is 35.5 Å². The van der Waals surface area contributed by atoms with Crippen LogP contribution in [-0.2, 0) is 25.2 Å². The Labute approximate surface area is 184 Å². The first kappa shape index (κ1) is 19.6. The number of aromatic amines is 1. The predicted octanol–water partition coefficient (Wildman–Crippen LogP) is 4.77. The second-order valence-corrected chi connectivity index (χ2v) is 9.29. The van der Waals surface area contributed by atoms with Gasteiger partial charge in [-0.3, -0.25) is 4.79 Å². The molecule has 0 saturated carbocycles. The molecule has 0 aliphatic heterocycles. The maximum Gasteiger partial charge on any atom is 0.277 e. The molecule has 0 radical (unpaired) electrons. The van der Waals surface area contributed by atoms with E-state index in [1.54, 1.807) is 23.5 Å². The van der Waals surface area contributed by atoms with E-state index in [1.165, 1.54) is 28.6 Å². The van der Waals surface area contributed by atoms with Crippen LogP contribution in [-0.4, -0.2) is 20.2 Å². The van der Waals surface area contributed by atoms with Crippen LogP contribution in [0.25, 0.3) is 10.2 Å². The molecule has 154 valence electrons. The van der Waals surface area contributed by atoms with Crippen LogP contribution in [0, 0.1) is 0 Å². The lowest BCUT2D eigenvalue weighted by Crippen LogP contribution is -2.12. The van der Waals surface area contributed by atoms with Crippen LogP contribution < -0.4 is 10.3 Å². The molecule has 1 N–H and O–H groups in total. The quantitative estimate of drug-likeness (QED) is 0.414. The van der Waals surface area contributed by atoms with E-state index >= 15 is 0 Å². The van der Waals surface area contributed by atoms with Crippen molar-refractivity contribution < 1.29 is 9.15 Å². The van der Waals surface area contributed by atoms with Crippen molar-refractivity contribution >= 4 is 44.9 Å². The predicted molar refractivity (Wildman–Crippen MR) is 117 cm³/mol. The fraction of sp³-hybridized carbons (Fsp3) is 0.300. The Morgan fingerprint density at radius 2 is 2.10 bits per heavy atom. The van der Waals surface area contributed by atoms with E-state index in [-0.39, 0.29) is 12.2 Å². The molecule has 10 heteroatoms. The van der Waals surface area contributed by atoms with E-state index in [2.05, 4.69) is 20.2 Å². The highest BCUT2D eigenvalue weighted by Crippen LogP contribution is 2.34. The van der Waals surface area contributed by atoms with Gasteiger partial charge in [0.2, 0.25) is 0 Å². The zero-order valence-corrected chi connectivity index (χ0v) is 18.2. The molecule has 1 aromatic carbocycles. The van der Waals surface area contributed by atoms with Gasteiger partial charge in [-0.15, -0.1) is 21.5 Å². The fourth-order valence-corrected chi connectivity index (χ4v) is 5.58. The molecule has 3 heterocycles. The molecule has 7 nitrogen and oxygen atoms in total. The fourth-order valence-electron chi connectivity index (χ4n) is 3.46. The summed E-state index contributed by atoms with van der Waals surface area (Å²) < 4.78 is 11.2. The third-order valence-corrected chi connectivity index (χ3v) is 7.17. The van der Waals surface area contributed by atoms with E-state index in [1.807, 2.05) is 12.1 Å². The molecule has 0 bridgehead atoms. The van der Waals surface area contributed by atoms with Gasteiger partial charge in [-0.05, 0) is 43.4 Å². The number of aromatic nitrogens is 4. The molecule has 0 spiro atoms. The number of nitrogens with zero attached hydrogens (tertiary/aromatic N) is 3. The maximum absolute atomic E-state index is 12.6. The van der Waals surface area contributed by atoms with Gasteiger partial charge in [-0.25, -0.2) is 4.98 Å². The number of benzene rings is 1. The molecule has 0 fully saturated rings. The van der Waals surface area contributed by atoms with Crippen molar-refractivity contribution in [3.8, 4) is 5.75 Å². The Bertz CT molecular complexity index is 1270. The minimum absolute atomic E-state index is 0.0608. The molecule has 0 unspecified atom stereocenters. The molecule has 0 amide bonds. The highest BCUT2D eigenvalue weighted by molar-refractivity contribution is 7.98.